The van der Waals surface area contributed by atoms with Crippen LogP contribution in [-0.4, -0.2) is 7.11 Å². The maximum Gasteiger partial charge on any atom is 0.118 e. The van der Waals surface area contributed by atoms with Gasteiger partial charge in [-0.25, -0.2) is 0 Å². The standard InChI is InChI=1S/C17H22O/c1-4-11-10-15-16(17(15)14(11)5-2)12-6-8-13(18-3)9-7-12/h6-9,15-17H,4-5,10H2,1-3H3/t15-,16+,17-/m0/s1. The van der Waals surface area contributed by atoms with Gasteiger partial charge < -0.3 is 4.74 Å². The fourth-order valence-corrected chi connectivity index (χ4v) is 3.89. The van der Waals surface area contributed by atoms with Gasteiger partial charge in [0.15, 0.2) is 0 Å². The molecule has 0 amide bonds. The van der Waals surface area contributed by atoms with Crippen molar-refractivity contribution in [1.29, 1.82) is 0 Å². The van der Waals surface area contributed by atoms with Gasteiger partial charge >= 0.3 is 0 Å². The van der Waals surface area contributed by atoms with Crippen LogP contribution in [0.15, 0.2) is 35.4 Å². The van der Waals surface area contributed by atoms with Gasteiger partial charge in [0.1, 0.15) is 5.75 Å². The third kappa shape index (κ3) is 1.68. The molecule has 0 radical (unpaired) electrons. The van der Waals surface area contributed by atoms with Crippen molar-refractivity contribution < 1.29 is 4.74 Å². The van der Waals surface area contributed by atoms with E-state index >= 15 is 0 Å². The largest absolute Gasteiger partial charge is 0.497 e. The summed E-state index contributed by atoms with van der Waals surface area (Å²) < 4.78 is 5.23. The Bertz CT molecular complexity index is 469. The Kier molecular flexibility index (Phi) is 2.93. The maximum atomic E-state index is 5.23. The third-order valence-electron chi connectivity index (χ3n) is 4.82. The lowest BCUT2D eigenvalue weighted by molar-refractivity contribution is 0.414. The molecule has 3 atom stereocenters. The molecule has 1 fully saturated rings. The first-order chi connectivity index (χ1) is 8.80. The molecular formula is C17H22O. The number of ether oxygens (including phenoxy) is 1. The Balaban J connectivity index is 1.80. The molecule has 0 spiro atoms. The second-order valence-electron chi connectivity index (χ2n) is 5.53. The second kappa shape index (κ2) is 4.46. The average molecular weight is 242 g/mol. The van der Waals surface area contributed by atoms with E-state index in [1.165, 1.54) is 24.8 Å². The molecule has 0 N–H and O–H groups in total. The highest BCUT2D eigenvalue weighted by molar-refractivity contribution is 5.43. The Hall–Kier alpha value is -1.24. The fourth-order valence-electron chi connectivity index (χ4n) is 3.89. The van der Waals surface area contributed by atoms with Crippen LogP contribution < -0.4 is 4.74 Å². The summed E-state index contributed by atoms with van der Waals surface area (Å²) in [6.07, 6.45) is 3.85. The molecule has 18 heavy (non-hydrogen) atoms. The summed E-state index contributed by atoms with van der Waals surface area (Å²) in [6, 6.07) is 8.69. The highest BCUT2D eigenvalue weighted by Gasteiger charge is 2.55. The molecule has 1 heteroatoms. The van der Waals surface area contributed by atoms with Crippen LogP contribution in [0, 0.1) is 11.8 Å². The third-order valence-corrected chi connectivity index (χ3v) is 4.82. The zero-order valence-corrected chi connectivity index (χ0v) is 11.6. The summed E-state index contributed by atoms with van der Waals surface area (Å²) in [5, 5.41) is 0. The van der Waals surface area contributed by atoms with Crippen molar-refractivity contribution in [2.75, 3.05) is 7.11 Å². The van der Waals surface area contributed by atoms with E-state index in [9.17, 15) is 0 Å². The summed E-state index contributed by atoms with van der Waals surface area (Å²) >= 11 is 0. The Morgan fingerprint density at radius 3 is 2.33 bits per heavy atom. The van der Waals surface area contributed by atoms with E-state index in [1.54, 1.807) is 18.3 Å². The van der Waals surface area contributed by atoms with Gasteiger partial charge in [-0.2, -0.15) is 0 Å². The zero-order chi connectivity index (χ0) is 12.7. The SMILES string of the molecule is CCC1=C(CC)[C@H]2[C@@H](C1)[C@H]2c1ccc(OC)cc1. The molecule has 0 saturated heterocycles. The smallest absolute Gasteiger partial charge is 0.118 e. The number of allylic oxidation sites excluding steroid dienone is 2. The van der Waals surface area contributed by atoms with Crippen molar-refractivity contribution in [3.63, 3.8) is 0 Å². The molecule has 0 aromatic heterocycles. The maximum absolute atomic E-state index is 5.23. The number of methoxy groups -OCH3 is 1. The van der Waals surface area contributed by atoms with Crippen LogP contribution in [0.2, 0.25) is 0 Å². The van der Waals surface area contributed by atoms with Crippen molar-refractivity contribution in [1.82, 2.24) is 0 Å². The lowest BCUT2D eigenvalue weighted by Gasteiger charge is -2.11. The summed E-state index contributed by atoms with van der Waals surface area (Å²) in [5.41, 5.74) is 5.02. The number of hydrogen-bond acceptors (Lipinski definition) is 1. The van der Waals surface area contributed by atoms with Gasteiger partial charge in [-0.05, 0) is 54.7 Å². The zero-order valence-electron chi connectivity index (χ0n) is 11.6. The number of hydrogen-bond donors (Lipinski definition) is 0. The van der Waals surface area contributed by atoms with Crippen molar-refractivity contribution in [2.45, 2.75) is 39.0 Å². The minimum atomic E-state index is 0.793. The minimum Gasteiger partial charge on any atom is -0.497 e. The first-order valence-corrected chi connectivity index (χ1v) is 7.14. The van der Waals surface area contributed by atoms with Crippen LogP contribution in [0.25, 0.3) is 0 Å². The second-order valence-corrected chi connectivity index (χ2v) is 5.53. The van der Waals surface area contributed by atoms with Gasteiger partial charge in [0, 0.05) is 0 Å². The fraction of sp³-hybridized carbons (Fsp3) is 0.529. The molecule has 1 aromatic rings. The molecule has 2 aliphatic rings. The van der Waals surface area contributed by atoms with E-state index in [2.05, 4.69) is 38.1 Å². The van der Waals surface area contributed by atoms with E-state index in [0.29, 0.717) is 0 Å². The molecule has 1 saturated carbocycles. The predicted molar refractivity (Wildman–Crippen MR) is 74.9 cm³/mol. The van der Waals surface area contributed by atoms with Crippen LogP contribution in [0.5, 0.6) is 5.75 Å². The van der Waals surface area contributed by atoms with Crippen LogP contribution in [0.4, 0.5) is 0 Å². The van der Waals surface area contributed by atoms with Crippen LogP contribution in [0.1, 0.15) is 44.6 Å². The van der Waals surface area contributed by atoms with E-state index in [0.717, 1.165) is 23.5 Å². The number of fused-ring (bicyclic) bond motifs is 1. The van der Waals surface area contributed by atoms with Crippen molar-refractivity contribution in [2.24, 2.45) is 11.8 Å². The summed E-state index contributed by atoms with van der Waals surface area (Å²) in [4.78, 5) is 0. The summed E-state index contributed by atoms with van der Waals surface area (Å²) in [6.45, 7) is 4.62. The first-order valence-electron chi connectivity index (χ1n) is 7.14. The molecule has 96 valence electrons. The highest BCUT2D eigenvalue weighted by atomic mass is 16.5. The molecule has 3 rings (SSSR count). The quantitative estimate of drug-likeness (QED) is 0.704. The van der Waals surface area contributed by atoms with Gasteiger partial charge in [-0.1, -0.05) is 37.1 Å². The summed E-state index contributed by atoms with van der Waals surface area (Å²) in [7, 11) is 1.73. The van der Waals surface area contributed by atoms with Gasteiger partial charge in [0.2, 0.25) is 0 Å². The normalized spacial score (nSPS) is 29.4. The monoisotopic (exact) mass is 242 g/mol. The van der Waals surface area contributed by atoms with E-state index < -0.39 is 0 Å². The molecule has 1 nitrogen and oxygen atoms in total. The lowest BCUT2D eigenvalue weighted by atomic mass is 9.95. The Morgan fingerprint density at radius 2 is 1.78 bits per heavy atom. The van der Waals surface area contributed by atoms with E-state index in [-0.39, 0.29) is 0 Å². The molecule has 0 heterocycles. The van der Waals surface area contributed by atoms with Crippen molar-refractivity contribution in [3.05, 3.63) is 41.0 Å². The predicted octanol–water partition coefficient (Wildman–Crippen LogP) is 4.55. The van der Waals surface area contributed by atoms with Crippen LogP contribution in [-0.2, 0) is 0 Å². The van der Waals surface area contributed by atoms with Gasteiger partial charge in [-0.15, -0.1) is 0 Å². The molecular weight excluding hydrogens is 220 g/mol. The molecule has 2 aliphatic carbocycles. The number of rotatable bonds is 4. The van der Waals surface area contributed by atoms with Gasteiger partial charge in [0.25, 0.3) is 0 Å². The topological polar surface area (TPSA) is 9.23 Å². The van der Waals surface area contributed by atoms with E-state index in [4.69, 9.17) is 4.74 Å². The Labute approximate surface area is 110 Å². The summed E-state index contributed by atoms with van der Waals surface area (Å²) in [5.74, 6) is 3.52. The number of benzene rings is 1. The molecule has 0 bridgehead atoms. The van der Waals surface area contributed by atoms with E-state index in [1.807, 2.05) is 0 Å². The first kappa shape index (κ1) is 11.8. The molecule has 0 aliphatic heterocycles. The van der Waals surface area contributed by atoms with Gasteiger partial charge in [-0.3, -0.25) is 0 Å². The van der Waals surface area contributed by atoms with Crippen LogP contribution >= 0.6 is 0 Å². The van der Waals surface area contributed by atoms with Crippen LogP contribution in [0.3, 0.4) is 0 Å². The average Bonchev–Trinajstić information content (AvgIpc) is 3.00. The Morgan fingerprint density at radius 1 is 1.06 bits per heavy atom. The minimum absolute atomic E-state index is 0.793. The van der Waals surface area contributed by atoms with Gasteiger partial charge in [0.05, 0.1) is 7.11 Å². The highest BCUT2D eigenvalue weighted by Crippen LogP contribution is 2.66. The molecule has 1 aromatic carbocycles. The van der Waals surface area contributed by atoms with Crippen molar-refractivity contribution >= 4 is 0 Å². The molecule has 0 unspecified atom stereocenters. The van der Waals surface area contributed by atoms with Crippen molar-refractivity contribution in [3.8, 4) is 5.75 Å². The lowest BCUT2D eigenvalue weighted by Crippen LogP contribution is -1.94.